The molecule has 0 unspecified atom stereocenters. The lowest BCUT2D eigenvalue weighted by atomic mass is 9.91. The predicted octanol–water partition coefficient (Wildman–Crippen LogP) is 0.427. The summed E-state index contributed by atoms with van der Waals surface area (Å²) in [5.74, 6) is -0.306. The number of carbonyl (C=O) groups excluding carboxylic acids is 2. The molecule has 0 fully saturated rings. The van der Waals surface area contributed by atoms with E-state index < -0.39 is 5.54 Å². The van der Waals surface area contributed by atoms with Crippen molar-refractivity contribution in [3.8, 4) is 0 Å². The summed E-state index contributed by atoms with van der Waals surface area (Å²) in [6.07, 6.45) is 1.20. The zero-order valence-corrected chi connectivity index (χ0v) is 8.73. The van der Waals surface area contributed by atoms with Crippen LogP contribution in [0.25, 0.3) is 0 Å². The second kappa shape index (κ2) is 4.84. The molecule has 0 saturated carbocycles. The smallest absolute Gasteiger partial charge is 0.245 e. The molecule has 0 aliphatic rings. The highest BCUT2D eigenvalue weighted by Gasteiger charge is 2.34. The van der Waals surface area contributed by atoms with Crippen molar-refractivity contribution in [2.45, 2.75) is 39.2 Å². The van der Waals surface area contributed by atoms with Gasteiger partial charge in [0.2, 0.25) is 11.8 Å². The Morgan fingerprint density at radius 2 is 1.69 bits per heavy atom. The summed E-state index contributed by atoms with van der Waals surface area (Å²) >= 11 is 0. The molecule has 0 rings (SSSR count). The fraction of sp³-hybridized carbons (Fsp3) is 0.778. The minimum absolute atomic E-state index is 0.132. The molecule has 0 atom stereocenters. The molecule has 0 aromatic heterocycles. The standard InChI is InChI=1S/C9H18N2O2/c1-5-9(6-2,8(13)10-4)11-7(3)12/h5-6H2,1-4H3,(H,10,13)(H,11,12). The van der Waals surface area contributed by atoms with Gasteiger partial charge in [0, 0.05) is 14.0 Å². The summed E-state index contributed by atoms with van der Waals surface area (Å²) in [4.78, 5) is 22.4. The molecule has 4 heteroatoms. The second-order valence-corrected chi connectivity index (χ2v) is 3.05. The number of amides is 2. The van der Waals surface area contributed by atoms with Crippen molar-refractivity contribution in [1.82, 2.24) is 10.6 Å². The van der Waals surface area contributed by atoms with Gasteiger partial charge >= 0.3 is 0 Å². The van der Waals surface area contributed by atoms with Crippen molar-refractivity contribution in [3.63, 3.8) is 0 Å². The Labute approximate surface area is 79.1 Å². The van der Waals surface area contributed by atoms with Crippen molar-refractivity contribution < 1.29 is 9.59 Å². The molecule has 0 spiro atoms. The first-order valence-corrected chi connectivity index (χ1v) is 4.53. The number of hydrogen-bond acceptors (Lipinski definition) is 2. The third-order valence-electron chi connectivity index (χ3n) is 2.28. The maximum absolute atomic E-state index is 11.5. The minimum Gasteiger partial charge on any atom is -0.357 e. The van der Waals surface area contributed by atoms with Crippen LogP contribution in [-0.4, -0.2) is 24.4 Å². The van der Waals surface area contributed by atoms with E-state index in [4.69, 9.17) is 0 Å². The molecule has 13 heavy (non-hydrogen) atoms. The first kappa shape index (κ1) is 11.9. The van der Waals surface area contributed by atoms with Crippen LogP contribution in [0.2, 0.25) is 0 Å². The number of likely N-dealkylation sites (N-methyl/N-ethyl adjacent to an activating group) is 1. The third-order valence-corrected chi connectivity index (χ3v) is 2.28. The van der Waals surface area contributed by atoms with Gasteiger partial charge in [0.25, 0.3) is 0 Å². The lowest BCUT2D eigenvalue weighted by Crippen LogP contribution is -2.57. The monoisotopic (exact) mass is 186 g/mol. The zero-order valence-electron chi connectivity index (χ0n) is 8.73. The van der Waals surface area contributed by atoms with E-state index in [9.17, 15) is 9.59 Å². The topological polar surface area (TPSA) is 58.2 Å². The average Bonchev–Trinajstić information content (AvgIpc) is 2.12. The molecule has 0 bridgehead atoms. The molecule has 0 radical (unpaired) electrons. The van der Waals surface area contributed by atoms with Gasteiger partial charge in [-0.1, -0.05) is 13.8 Å². The van der Waals surface area contributed by atoms with Gasteiger partial charge < -0.3 is 10.6 Å². The molecule has 0 aliphatic heterocycles. The Balaban J connectivity index is 4.68. The van der Waals surface area contributed by atoms with E-state index in [1.54, 1.807) is 7.05 Å². The summed E-state index contributed by atoms with van der Waals surface area (Å²) in [5.41, 5.74) is -0.736. The zero-order chi connectivity index (χ0) is 10.5. The van der Waals surface area contributed by atoms with E-state index in [0.717, 1.165) is 0 Å². The fourth-order valence-corrected chi connectivity index (χ4v) is 1.38. The van der Waals surface area contributed by atoms with Crippen LogP contribution >= 0.6 is 0 Å². The Morgan fingerprint density at radius 1 is 1.23 bits per heavy atom. The van der Waals surface area contributed by atoms with Gasteiger partial charge in [0.15, 0.2) is 0 Å². The molecule has 0 aromatic rings. The molecule has 2 N–H and O–H groups in total. The first-order chi connectivity index (χ1) is 6.02. The van der Waals surface area contributed by atoms with Gasteiger partial charge in [-0.3, -0.25) is 9.59 Å². The van der Waals surface area contributed by atoms with Crippen LogP contribution in [0.1, 0.15) is 33.6 Å². The Bertz CT molecular complexity index is 198. The van der Waals surface area contributed by atoms with E-state index in [0.29, 0.717) is 12.8 Å². The minimum atomic E-state index is -0.736. The molecule has 2 amide bonds. The molecule has 0 saturated heterocycles. The molecule has 76 valence electrons. The largest absolute Gasteiger partial charge is 0.357 e. The molecular formula is C9H18N2O2. The third kappa shape index (κ3) is 2.72. The fourth-order valence-electron chi connectivity index (χ4n) is 1.38. The number of rotatable bonds is 4. The van der Waals surface area contributed by atoms with E-state index in [2.05, 4.69) is 10.6 Å². The molecular weight excluding hydrogens is 168 g/mol. The maximum atomic E-state index is 11.5. The Morgan fingerprint density at radius 3 is 1.92 bits per heavy atom. The number of hydrogen-bond donors (Lipinski definition) is 2. The van der Waals surface area contributed by atoms with Crippen LogP contribution < -0.4 is 10.6 Å². The maximum Gasteiger partial charge on any atom is 0.245 e. The van der Waals surface area contributed by atoms with Gasteiger partial charge in [-0.2, -0.15) is 0 Å². The highest BCUT2D eigenvalue weighted by atomic mass is 16.2. The lowest BCUT2D eigenvalue weighted by Gasteiger charge is -2.30. The van der Waals surface area contributed by atoms with Crippen molar-refractivity contribution in [1.29, 1.82) is 0 Å². The van der Waals surface area contributed by atoms with E-state index in [1.165, 1.54) is 6.92 Å². The van der Waals surface area contributed by atoms with Crippen molar-refractivity contribution in [2.24, 2.45) is 0 Å². The molecule has 4 nitrogen and oxygen atoms in total. The van der Waals surface area contributed by atoms with Crippen molar-refractivity contribution in [2.75, 3.05) is 7.05 Å². The Hall–Kier alpha value is -1.06. The van der Waals surface area contributed by atoms with Crippen molar-refractivity contribution >= 4 is 11.8 Å². The summed E-state index contributed by atoms with van der Waals surface area (Å²) in [6.45, 7) is 5.19. The lowest BCUT2D eigenvalue weighted by molar-refractivity contribution is -0.132. The highest BCUT2D eigenvalue weighted by molar-refractivity contribution is 5.90. The van der Waals surface area contributed by atoms with Crippen LogP contribution in [0.15, 0.2) is 0 Å². The van der Waals surface area contributed by atoms with Gasteiger partial charge in [-0.25, -0.2) is 0 Å². The number of nitrogens with one attached hydrogen (secondary N) is 2. The quantitative estimate of drug-likeness (QED) is 0.668. The Kier molecular flexibility index (Phi) is 4.45. The van der Waals surface area contributed by atoms with Crippen LogP contribution in [0.4, 0.5) is 0 Å². The van der Waals surface area contributed by atoms with Crippen LogP contribution in [0.5, 0.6) is 0 Å². The number of carbonyl (C=O) groups is 2. The van der Waals surface area contributed by atoms with E-state index in [1.807, 2.05) is 13.8 Å². The summed E-state index contributed by atoms with van der Waals surface area (Å²) < 4.78 is 0. The van der Waals surface area contributed by atoms with Gasteiger partial charge in [-0.15, -0.1) is 0 Å². The van der Waals surface area contributed by atoms with Gasteiger partial charge in [0.1, 0.15) is 5.54 Å². The van der Waals surface area contributed by atoms with Crippen molar-refractivity contribution in [3.05, 3.63) is 0 Å². The molecule has 0 aliphatic carbocycles. The van der Waals surface area contributed by atoms with Crippen LogP contribution in [-0.2, 0) is 9.59 Å². The molecule has 0 heterocycles. The summed E-state index contributed by atoms with van der Waals surface area (Å²) in [7, 11) is 1.57. The second-order valence-electron chi connectivity index (χ2n) is 3.05. The highest BCUT2D eigenvalue weighted by Crippen LogP contribution is 2.14. The molecule has 0 aromatic carbocycles. The van der Waals surface area contributed by atoms with E-state index >= 15 is 0 Å². The van der Waals surface area contributed by atoms with E-state index in [-0.39, 0.29) is 11.8 Å². The van der Waals surface area contributed by atoms with Gasteiger partial charge in [-0.05, 0) is 12.8 Å². The average molecular weight is 186 g/mol. The first-order valence-electron chi connectivity index (χ1n) is 4.53. The van der Waals surface area contributed by atoms with Crippen LogP contribution in [0.3, 0.4) is 0 Å². The summed E-state index contributed by atoms with van der Waals surface area (Å²) in [5, 5.41) is 5.25. The predicted molar refractivity (Wildman–Crippen MR) is 51.2 cm³/mol. The van der Waals surface area contributed by atoms with Crippen LogP contribution in [0, 0.1) is 0 Å². The summed E-state index contributed by atoms with van der Waals surface area (Å²) in [6, 6.07) is 0. The van der Waals surface area contributed by atoms with Gasteiger partial charge in [0.05, 0.1) is 0 Å². The SMILES string of the molecule is CCC(CC)(NC(C)=O)C(=O)NC. The normalized spacial score (nSPS) is 10.8.